The lowest BCUT2D eigenvalue weighted by atomic mass is 9.99. The van der Waals surface area contributed by atoms with Crippen LogP contribution < -0.4 is 5.73 Å². The lowest BCUT2D eigenvalue weighted by Gasteiger charge is -2.22. The molecule has 0 spiro atoms. The molecule has 0 aliphatic heterocycles. The first-order valence-corrected chi connectivity index (χ1v) is 7.11. The molecular formula is C16H21N3. The largest absolute Gasteiger partial charge is 0.328 e. The molecule has 0 bridgehead atoms. The maximum atomic E-state index is 6.02. The Morgan fingerprint density at radius 3 is 2.68 bits per heavy atom. The van der Waals surface area contributed by atoms with Gasteiger partial charge in [-0.05, 0) is 38.2 Å². The molecule has 3 heteroatoms. The monoisotopic (exact) mass is 255 g/mol. The van der Waals surface area contributed by atoms with E-state index in [1.807, 2.05) is 6.33 Å². The van der Waals surface area contributed by atoms with Crippen molar-refractivity contribution < 1.29 is 0 Å². The number of nitrogens with zero attached hydrogens (tertiary/aromatic N) is 2. The van der Waals surface area contributed by atoms with E-state index >= 15 is 0 Å². The Morgan fingerprint density at radius 2 is 1.95 bits per heavy atom. The summed E-state index contributed by atoms with van der Waals surface area (Å²) in [5.41, 5.74) is 11.2. The summed E-state index contributed by atoms with van der Waals surface area (Å²) in [7, 11) is 0. The Hall–Kier alpha value is -1.61. The number of imidazole rings is 1. The molecule has 2 N–H and O–H groups in total. The van der Waals surface area contributed by atoms with Crippen molar-refractivity contribution in [3.63, 3.8) is 0 Å². The topological polar surface area (TPSA) is 43.8 Å². The van der Waals surface area contributed by atoms with Gasteiger partial charge in [0.25, 0.3) is 0 Å². The van der Waals surface area contributed by atoms with Gasteiger partial charge in [-0.15, -0.1) is 0 Å². The fraction of sp³-hybridized carbons (Fsp3) is 0.438. The summed E-state index contributed by atoms with van der Waals surface area (Å²) < 4.78 is 2.29. The number of aromatic nitrogens is 2. The number of nitrogens with two attached hydrogens (primary N) is 1. The Kier molecular flexibility index (Phi) is 3.38. The molecule has 1 aliphatic rings. The van der Waals surface area contributed by atoms with Gasteiger partial charge in [0.05, 0.1) is 18.1 Å². The molecule has 0 fully saturated rings. The predicted octanol–water partition coefficient (Wildman–Crippen LogP) is 2.62. The summed E-state index contributed by atoms with van der Waals surface area (Å²) in [6.45, 7) is 2.73. The summed E-state index contributed by atoms with van der Waals surface area (Å²) in [5, 5.41) is 0. The summed E-state index contributed by atoms with van der Waals surface area (Å²) in [4.78, 5) is 4.58. The molecule has 19 heavy (non-hydrogen) atoms. The van der Waals surface area contributed by atoms with Crippen LogP contribution in [0.25, 0.3) is 0 Å². The zero-order valence-electron chi connectivity index (χ0n) is 11.5. The van der Waals surface area contributed by atoms with Crippen LogP contribution in [0.2, 0.25) is 0 Å². The van der Waals surface area contributed by atoms with E-state index in [1.54, 1.807) is 0 Å². The van der Waals surface area contributed by atoms with Crippen LogP contribution in [0.5, 0.6) is 0 Å². The normalized spacial score (nSPS) is 16.1. The lowest BCUT2D eigenvalue weighted by molar-refractivity contribution is 0.547. The molecule has 0 saturated carbocycles. The Bertz CT molecular complexity index is 554. The van der Waals surface area contributed by atoms with Gasteiger partial charge in [-0.2, -0.15) is 0 Å². The van der Waals surface area contributed by atoms with Gasteiger partial charge < -0.3 is 10.3 Å². The second kappa shape index (κ2) is 5.17. The molecule has 0 amide bonds. The maximum Gasteiger partial charge on any atom is 0.0957 e. The number of benzene rings is 1. The maximum absolute atomic E-state index is 6.02. The van der Waals surface area contributed by atoms with Crippen LogP contribution in [0, 0.1) is 6.92 Å². The molecule has 0 radical (unpaired) electrons. The molecule has 3 nitrogen and oxygen atoms in total. The fourth-order valence-electron chi connectivity index (χ4n) is 2.96. The molecule has 3 rings (SSSR count). The highest BCUT2D eigenvalue weighted by atomic mass is 15.1. The molecule has 2 aromatic rings. The average Bonchev–Trinajstić information content (AvgIpc) is 2.86. The minimum atomic E-state index is 0.218. The molecule has 100 valence electrons. The third-order valence-electron chi connectivity index (χ3n) is 4.08. The second-order valence-electron chi connectivity index (χ2n) is 5.41. The minimum Gasteiger partial charge on any atom is -0.328 e. The van der Waals surface area contributed by atoms with Crippen molar-refractivity contribution in [2.45, 2.75) is 38.6 Å². The third kappa shape index (κ3) is 2.30. The molecule has 1 unspecified atom stereocenters. The fourth-order valence-corrected chi connectivity index (χ4v) is 2.96. The van der Waals surface area contributed by atoms with Gasteiger partial charge in [0.15, 0.2) is 0 Å². The third-order valence-corrected chi connectivity index (χ3v) is 4.08. The van der Waals surface area contributed by atoms with Gasteiger partial charge in [0.2, 0.25) is 0 Å². The molecule has 1 aromatic carbocycles. The highest BCUT2D eigenvalue weighted by Gasteiger charge is 2.20. The summed E-state index contributed by atoms with van der Waals surface area (Å²) >= 11 is 0. The van der Waals surface area contributed by atoms with E-state index in [-0.39, 0.29) is 6.04 Å². The highest BCUT2D eigenvalue weighted by molar-refractivity contribution is 5.27. The molecular weight excluding hydrogens is 234 g/mol. The number of fused-ring (bicyclic) bond motifs is 1. The van der Waals surface area contributed by atoms with Crippen LogP contribution >= 0.6 is 0 Å². The van der Waals surface area contributed by atoms with Crippen molar-refractivity contribution in [2.24, 2.45) is 5.73 Å². The summed E-state index contributed by atoms with van der Waals surface area (Å²) in [6.07, 6.45) is 6.77. The van der Waals surface area contributed by atoms with Crippen molar-refractivity contribution in [1.29, 1.82) is 0 Å². The van der Waals surface area contributed by atoms with E-state index in [1.165, 1.54) is 35.4 Å². The van der Waals surface area contributed by atoms with E-state index in [4.69, 9.17) is 5.73 Å². The predicted molar refractivity (Wildman–Crippen MR) is 77.2 cm³/mol. The van der Waals surface area contributed by atoms with Crippen LogP contribution in [0.4, 0.5) is 0 Å². The average molecular weight is 255 g/mol. The van der Waals surface area contributed by atoms with Gasteiger partial charge in [-0.1, -0.05) is 29.8 Å². The number of aryl methyl sites for hydroxylation is 2. The van der Waals surface area contributed by atoms with E-state index < -0.39 is 0 Å². The first-order chi connectivity index (χ1) is 9.29. The van der Waals surface area contributed by atoms with Gasteiger partial charge in [0.1, 0.15) is 0 Å². The Labute approximate surface area is 114 Å². The zero-order valence-corrected chi connectivity index (χ0v) is 11.5. The zero-order chi connectivity index (χ0) is 13.2. The van der Waals surface area contributed by atoms with Gasteiger partial charge in [-0.25, -0.2) is 4.98 Å². The van der Waals surface area contributed by atoms with Crippen molar-refractivity contribution in [3.05, 3.63) is 53.1 Å². The SMILES string of the molecule is Cc1ccc(C(CN)n2cnc3c2CCCC3)cc1. The van der Waals surface area contributed by atoms with Crippen molar-refractivity contribution in [2.75, 3.05) is 6.54 Å². The van der Waals surface area contributed by atoms with Crippen LogP contribution in [-0.2, 0) is 12.8 Å². The van der Waals surface area contributed by atoms with Crippen molar-refractivity contribution in [1.82, 2.24) is 9.55 Å². The molecule has 1 aliphatic carbocycles. The molecule has 0 saturated heterocycles. The first-order valence-electron chi connectivity index (χ1n) is 7.11. The van der Waals surface area contributed by atoms with E-state index in [0.29, 0.717) is 6.54 Å². The van der Waals surface area contributed by atoms with Crippen LogP contribution in [-0.4, -0.2) is 16.1 Å². The highest BCUT2D eigenvalue weighted by Crippen LogP contribution is 2.26. The Balaban J connectivity index is 1.98. The van der Waals surface area contributed by atoms with E-state index in [2.05, 4.69) is 40.7 Å². The smallest absolute Gasteiger partial charge is 0.0957 e. The summed E-state index contributed by atoms with van der Waals surface area (Å²) in [5.74, 6) is 0. The van der Waals surface area contributed by atoms with Gasteiger partial charge in [0, 0.05) is 12.2 Å². The molecule has 1 atom stereocenters. The van der Waals surface area contributed by atoms with Crippen LogP contribution in [0.15, 0.2) is 30.6 Å². The number of hydrogen-bond donors (Lipinski definition) is 1. The van der Waals surface area contributed by atoms with Crippen molar-refractivity contribution in [3.8, 4) is 0 Å². The molecule has 1 heterocycles. The Morgan fingerprint density at radius 1 is 1.21 bits per heavy atom. The summed E-state index contributed by atoms with van der Waals surface area (Å²) in [6, 6.07) is 8.89. The van der Waals surface area contributed by atoms with E-state index in [9.17, 15) is 0 Å². The standard InChI is InChI=1S/C16H21N3/c1-12-6-8-13(9-7-12)16(10-17)19-11-18-14-4-2-3-5-15(14)19/h6-9,11,16H,2-5,10,17H2,1H3. The van der Waals surface area contributed by atoms with Gasteiger partial charge in [-0.3, -0.25) is 0 Å². The van der Waals surface area contributed by atoms with Gasteiger partial charge >= 0.3 is 0 Å². The van der Waals surface area contributed by atoms with Crippen LogP contribution in [0.3, 0.4) is 0 Å². The quantitative estimate of drug-likeness (QED) is 0.916. The lowest BCUT2D eigenvalue weighted by Crippen LogP contribution is -2.22. The number of rotatable bonds is 3. The molecule has 1 aromatic heterocycles. The first kappa shape index (κ1) is 12.4. The van der Waals surface area contributed by atoms with Crippen molar-refractivity contribution >= 4 is 0 Å². The number of hydrogen-bond acceptors (Lipinski definition) is 2. The van der Waals surface area contributed by atoms with Crippen LogP contribution in [0.1, 0.15) is 41.4 Å². The minimum absolute atomic E-state index is 0.218. The van der Waals surface area contributed by atoms with E-state index in [0.717, 1.165) is 12.8 Å². The second-order valence-corrected chi connectivity index (χ2v) is 5.41.